The number of sulfone groups is 1. The number of benzene rings is 1. The summed E-state index contributed by atoms with van der Waals surface area (Å²) in [6.45, 7) is 0. The van der Waals surface area contributed by atoms with E-state index in [2.05, 4.69) is 15.0 Å². The summed E-state index contributed by atoms with van der Waals surface area (Å²) in [4.78, 5) is 9.10. The Kier molecular flexibility index (Phi) is 6.32. The second-order valence-electron chi connectivity index (χ2n) is 4.71. The monoisotopic (exact) mass is 390 g/mol. The van der Waals surface area contributed by atoms with Crippen molar-refractivity contribution in [3.8, 4) is 11.3 Å². The predicted octanol–water partition coefficient (Wildman–Crippen LogP) is 4.03. The van der Waals surface area contributed by atoms with Gasteiger partial charge in [-0.25, -0.2) is 17.8 Å². The van der Waals surface area contributed by atoms with Crippen molar-refractivity contribution in [1.29, 1.82) is 0 Å². The molecule has 0 saturated carbocycles. The van der Waals surface area contributed by atoms with Crippen molar-refractivity contribution in [3.05, 3.63) is 47.1 Å². The van der Waals surface area contributed by atoms with Gasteiger partial charge in [0.1, 0.15) is 7.11 Å². The van der Waals surface area contributed by atoms with Crippen molar-refractivity contribution >= 4 is 27.4 Å². The molecule has 2 rings (SSSR count). The van der Waals surface area contributed by atoms with Crippen molar-refractivity contribution in [2.24, 2.45) is 5.16 Å². The maximum Gasteiger partial charge on any atom is 0.301 e. The molecule has 0 fully saturated rings. The van der Waals surface area contributed by atoms with Gasteiger partial charge in [0.05, 0.1) is 22.5 Å². The Balaban J connectivity index is 2.40. The van der Waals surface area contributed by atoms with Crippen LogP contribution >= 0.6 is 11.3 Å². The van der Waals surface area contributed by atoms with E-state index in [0.717, 1.165) is 11.3 Å². The van der Waals surface area contributed by atoms with E-state index in [4.69, 9.17) is 0 Å². The molecule has 0 amide bonds. The third-order valence-electron chi connectivity index (χ3n) is 3.02. The maximum absolute atomic E-state index is 12.9. The van der Waals surface area contributed by atoms with Gasteiger partial charge in [0.25, 0.3) is 0 Å². The molecule has 0 saturated heterocycles. The second-order valence-corrected chi connectivity index (χ2v) is 8.02. The number of hydrogen-bond donors (Lipinski definition) is 0. The number of thiazole rings is 1. The molecule has 1 aromatic carbocycles. The summed E-state index contributed by atoms with van der Waals surface area (Å²) in [5, 5.41) is 3.60. The van der Waals surface area contributed by atoms with E-state index in [1.165, 1.54) is 13.3 Å². The Labute approximate surface area is 146 Å². The summed E-state index contributed by atoms with van der Waals surface area (Å²) in [6, 6.07) is 8.76. The third-order valence-corrected chi connectivity index (χ3v) is 6.18. The summed E-state index contributed by atoms with van der Waals surface area (Å²) in [5.41, 5.74) is 1.01. The highest BCUT2D eigenvalue weighted by Gasteiger charge is 2.24. The van der Waals surface area contributed by atoms with Gasteiger partial charge in [-0.05, 0) is 0 Å². The number of halogens is 3. The molecule has 0 aliphatic carbocycles. The van der Waals surface area contributed by atoms with Gasteiger partial charge in [0, 0.05) is 12.0 Å². The molecule has 0 unspecified atom stereocenters. The van der Waals surface area contributed by atoms with Gasteiger partial charge in [-0.2, -0.15) is 8.78 Å². The molecule has 1 aromatic heterocycles. The number of allylic oxidation sites excluding steroid dienone is 1. The van der Waals surface area contributed by atoms with Crippen LogP contribution in [0.25, 0.3) is 11.3 Å². The first kappa shape index (κ1) is 19.1. The smallest absolute Gasteiger partial charge is 0.301 e. The Bertz CT molecular complexity index is 890. The summed E-state index contributed by atoms with van der Waals surface area (Å²) in [6.07, 6.45) is -2.13. The van der Waals surface area contributed by atoms with Crippen LogP contribution in [0.15, 0.2) is 51.7 Å². The number of oxime groups is 1. The molecule has 0 radical (unpaired) electrons. The average molecular weight is 390 g/mol. The van der Waals surface area contributed by atoms with E-state index in [-0.39, 0.29) is 4.34 Å². The van der Waals surface area contributed by atoms with Crippen molar-refractivity contribution in [1.82, 2.24) is 4.98 Å². The van der Waals surface area contributed by atoms with Crippen LogP contribution in [-0.4, -0.2) is 32.5 Å². The quantitative estimate of drug-likeness (QED) is 0.529. The van der Waals surface area contributed by atoms with Crippen LogP contribution in [0.2, 0.25) is 0 Å². The summed E-state index contributed by atoms with van der Waals surface area (Å²) in [7, 11) is -2.69. The van der Waals surface area contributed by atoms with E-state index in [0.29, 0.717) is 16.1 Å². The van der Waals surface area contributed by atoms with Gasteiger partial charge in [-0.3, -0.25) is 0 Å². The molecular weight excluding hydrogens is 377 g/mol. The molecule has 134 valence electrons. The fourth-order valence-electron chi connectivity index (χ4n) is 1.84. The predicted molar refractivity (Wildman–Crippen MR) is 89.2 cm³/mol. The van der Waals surface area contributed by atoms with Crippen molar-refractivity contribution in [3.63, 3.8) is 0 Å². The standard InChI is InChI=1S/C15H13F3N2O3S2/c1-23-19-9-12-13(10-5-3-2-4-6-10)20-15(24-12)25(21,22)8-7-11(16)14(17)18/h2-6,9H,7-8H2,1H3. The van der Waals surface area contributed by atoms with E-state index in [1.807, 2.05) is 0 Å². The van der Waals surface area contributed by atoms with Gasteiger partial charge < -0.3 is 4.84 Å². The fourth-order valence-corrected chi connectivity index (χ4v) is 4.40. The zero-order chi connectivity index (χ0) is 18.4. The number of rotatable bonds is 7. The summed E-state index contributed by atoms with van der Waals surface area (Å²) >= 11 is 0.807. The lowest BCUT2D eigenvalue weighted by molar-refractivity contribution is 0.215. The molecule has 0 N–H and O–H groups in total. The van der Waals surface area contributed by atoms with Crippen molar-refractivity contribution in [2.75, 3.05) is 12.9 Å². The first-order chi connectivity index (χ1) is 11.8. The molecule has 0 aliphatic heterocycles. The first-order valence-electron chi connectivity index (χ1n) is 6.90. The Hall–Kier alpha value is -2.20. The second kappa shape index (κ2) is 8.26. The normalized spacial score (nSPS) is 11.7. The van der Waals surface area contributed by atoms with Crippen molar-refractivity contribution < 1.29 is 26.4 Å². The summed E-state index contributed by atoms with van der Waals surface area (Å²) < 4.78 is 61.3. The number of aromatic nitrogens is 1. The topological polar surface area (TPSA) is 68.6 Å². The molecule has 0 atom stereocenters. The lowest BCUT2D eigenvalue weighted by Crippen LogP contribution is -2.07. The Morgan fingerprint density at radius 1 is 1.28 bits per heavy atom. The number of nitrogens with zero attached hydrogens (tertiary/aromatic N) is 2. The van der Waals surface area contributed by atoms with Gasteiger partial charge >= 0.3 is 6.08 Å². The van der Waals surface area contributed by atoms with Crippen LogP contribution in [-0.2, 0) is 14.7 Å². The highest BCUT2D eigenvalue weighted by molar-refractivity contribution is 7.93. The van der Waals surface area contributed by atoms with Crippen LogP contribution in [0.3, 0.4) is 0 Å². The highest BCUT2D eigenvalue weighted by Crippen LogP contribution is 2.30. The molecular formula is C15H13F3N2O3S2. The Morgan fingerprint density at radius 2 is 1.96 bits per heavy atom. The van der Waals surface area contributed by atoms with Crippen LogP contribution in [0.4, 0.5) is 13.2 Å². The van der Waals surface area contributed by atoms with Gasteiger partial charge in [-0.15, -0.1) is 11.3 Å². The summed E-state index contributed by atoms with van der Waals surface area (Å²) in [5.74, 6) is -2.55. The maximum atomic E-state index is 12.9. The van der Waals surface area contributed by atoms with Crippen LogP contribution in [0, 0.1) is 0 Å². The SMILES string of the molecule is CON=Cc1sc(S(=O)(=O)CCC(F)=C(F)F)nc1-c1ccccc1. The van der Waals surface area contributed by atoms with Crippen molar-refractivity contribution in [2.45, 2.75) is 10.8 Å². The van der Waals surface area contributed by atoms with E-state index >= 15 is 0 Å². The molecule has 1 heterocycles. The Morgan fingerprint density at radius 3 is 2.56 bits per heavy atom. The molecule has 10 heteroatoms. The van der Waals surface area contributed by atoms with Gasteiger partial charge in [-0.1, -0.05) is 35.5 Å². The molecule has 0 bridgehead atoms. The molecule has 5 nitrogen and oxygen atoms in total. The zero-order valence-corrected chi connectivity index (χ0v) is 14.6. The first-order valence-corrected chi connectivity index (χ1v) is 9.37. The minimum absolute atomic E-state index is 0.295. The average Bonchev–Trinajstić information content (AvgIpc) is 3.03. The lowest BCUT2D eigenvalue weighted by Gasteiger charge is -1.99. The van der Waals surface area contributed by atoms with E-state index in [9.17, 15) is 21.6 Å². The largest absolute Gasteiger partial charge is 0.399 e. The molecule has 0 spiro atoms. The minimum Gasteiger partial charge on any atom is -0.399 e. The highest BCUT2D eigenvalue weighted by atomic mass is 32.2. The minimum atomic E-state index is -4.03. The fraction of sp³-hybridized carbons (Fsp3) is 0.200. The van der Waals surface area contributed by atoms with E-state index in [1.54, 1.807) is 30.3 Å². The van der Waals surface area contributed by atoms with Gasteiger partial charge in [0.15, 0.2) is 5.83 Å². The van der Waals surface area contributed by atoms with Crippen LogP contribution in [0.1, 0.15) is 11.3 Å². The third kappa shape index (κ3) is 4.89. The lowest BCUT2D eigenvalue weighted by atomic mass is 10.1. The molecule has 0 aliphatic rings. The zero-order valence-electron chi connectivity index (χ0n) is 12.9. The molecule has 2 aromatic rings. The van der Waals surface area contributed by atoms with Crippen LogP contribution in [0.5, 0.6) is 0 Å². The number of hydrogen-bond acceptors (Lipinski definition) is 6. The van der Waals surface area contributed by atoms with Crippen LogP contribution < -0.4 is 0 Å². The molecule has 25 heavy (non-hydrogen) atoms. The van der Waals surface area contributed by atoms with Gasteiger partial charge in [0.2, 0.25) is 14.2 Å². The van der Waals surface area contributed by atoms with E-state index < -0.39 is 33.9 Å².